The molecule has 1 aromatic heterocycles. The topological polar surface area (TPSA) is 38.0 Å². The van der Waals surface area contributed by atoms with E-state index >= 15 is 0 Å². The summed E-state index contributed by atoms with van der Waals surface area (Å²) in [7, 11) is 0. The van der Waals surface area contributed by atoms with Gasteiger partial charge in [-0.15, -0.1) is 0 Å². The quantitative estimate of drug-likeness (QED) is 0.774. The summed E-state index contributed by atoms with van der Waals surface area (Å²) in [6.07, 6.45) is 3.63. The average Bonchev–Trinajstić information content (AvgIpc) is 2.61. The van der Waals surface area contributed by atoms with Gasteiger partial charge in [0.2, 0.25) is 0 Å². The predicted molar refractivity (Wildman–Crippen MR) is 55.3 cm³/mol. The van der Waals surface area contributed by atoms with E-state index in [0.717, 1.165) is 18.7 Å². The zero-order valence-electron chi connectivity index (χ0n) is 8.95. The van der Waals surface area contributed by atoms with Gasteiger partial charge in [-0.25, -0.2) is 0 Å². The summed E-state index contributed by atoms with van der Waals surface area (Å²) in [4.78, 5) is 0. The second kappa shape index (κ2) is 3.39. The molecule has 0 saturated carbocycles. The Bertz CT molecular complexity index is 305. The Kier molecular flexibility index (Phi) is 2.35. The van der Waals surface area contributed by atoms with Crippen molar-refractivity contribution in [3.63, 3.8) is 0 Å². The molecule has 0 radical (unpaired) electrons. The highest BCUT2D eigenvalue weighted by Crippen LogP contribution is 2.24. The summed E-state index contributed by atoms with van der Waals surface area (Å²) in [5.41, 5.74) is 2.15. The van der Waals surface area contributed by atoms with Crippen LogP contribution in [-0.4, -0.2) is 21.5 Å². The van der Waals surface area contributed by atoms with Gasteiger partial charge in [0.1, 0.15) is 0 Å². The largest absolute Gasteiger partial charge is 0.395 e. The number of rotatable bonds is 2. The van der Waals surface area contributed by atoms with Crippen LogP contribution in [0.1, 0.15) is 38.1 Å². The van der Waals surface area contributed by atoms with Crippen molar-refractivity contribution in [1.29, 1.82) is 0 Å². The molecule has 0 unspecified atom stereocenters. The van der Waals surface area contributed by atoms with Crippen molar-refractivity contribution < 1.29 is 5.11 Å². The first-order chi connectivity index (χ1) is 6.63. The van der Waals surface area contributed by atoms with Crippen molar-refractivity contribution in [2.24, 2.45) is 0 Å². The highest BCUT2D eigenvalue weighted by molar-refractivity contribution is 5.19. The van der Waals surface area contributed by atoms with E-state index in [4.69, 9.17) is 0 Å². The molecule has 78 valence electrons. The number of hydrogen-bond acceptors (Lipinski definition) is 2. The number of aliphatic hydroxyl groups is 1. The fourth-order valence-corrected chi connectivity index (χ4v) is 1.83. The first-order valence-electron chi connectivity index (χ1n) is 5.31. The van der Waals surface area contributed by atoms with Crippen molar-refractivity contribution in [2.75, 3.05) is 6.61 Å². The number of aryl methyl sites for hydroxylation is 2. The number of nitrogens with zero attached hydrogens (tertiary/aromatic N) is 2. The van der Waals surface area contributed by atoms with Crippen LogP contribution in [0.4, 0.5) is 0 Å². The first kappa shape index (κ1) is 9.71. The molecule has 14 heavy (non-hydrogen) atoms. The summed E-state index contributed by atoms with van der Waals surface area (Å²) >= 11 is 0. The van der Waals surface area contributed by atoms with Crippen LogP contribution < -0.4 is 0 Å². The van der Waals surface area contributed by atoms with Gasteiger partial charge in [0.15, 0.2) is 0 Å². The van der Waals surface area contributed by atoms with Gasteiger partial charge in [0, 0.05) is 17.7 Å². The summed E-state index contributed by atoms with van der Waals surface area (Å²) < 4.78 is 2.09. The van der Waals surface area contributed by atoms with E-state index in [9.17, 15) is 5.11 Å². The van der Waals surface area contributed by atoms with Crippen LogP contribution in [0.15, 0.2) is 6.07 Å². The maximum atomic E-state index is 9.26. The molecule has 1 aliphatic heterocycles. The zero-order valence-corrected chi connectivity index (χ0v) is 8.95. The summed E-state index contributed by atoms with van der Waals surface area (Å²) in [5.74, 6) is 0. The Hall–Kier alpha value is -0.830. The average molecular weight is 194 g/mol. The Morgan fingerprint density at radius 1 is 1.50 bits per heavy atom. The lowest BCUT2D eigenvalue weighted by molar-refractivity contribution is 0.214. The molecular formula is C11H18N2O. The molecule has 0 bridgehead atoms. The van der Waals surface area contributed by atoms with Gasteiger partial charge >= 0.3 is 0 Å². The number of aliphatic hydroxyl groups excluding tert-OH is 1. The van der Waals surface area contributed by atoms with Crippen LogP contribution >= 0.6 is 0 Å². The molecule has 0 fully saturated rings. The molecule has 3 nitrogen and oxygen atoms in total. The molecule has 0 spiro atoms. The fraction of sp³-hybridized carbons (Fsp3) is 0.727. The van der Waals surface area contributed by atoms with Crippen LogP contribution in [0, 0.1) is 0 Å². The van der Waals surface area contributed by atoms with E-state index in [1.807, 2.05) is 13.8 Å². The van der Waals surface area contributed by atoms with Gasteiger partial charge in [-0.05, 0) is 25.3 Å². The third-order valence-corrected chi connectivity index (χ3v) is 3.00. The highest BCUT2D eigenvalue weighted by Gasteiger charge is 2.24. The van der Waals surface area contributed by atoms with Crippen LogP contribution in [-0.2, 0) is 18.4 Å². The normalized spacial score (nSPS) is 16.8. The molecule has 0 atom stereocenters. The molecule has 2 rings (SSSR count). The third-order valence-electron chi connectivity index (χ3n) is 3.00. The molecule has 1 aromatic rings. The van der Waals surface area contributed by atoms with E-state index in [1.54, 1.807) is 0 Å². The molecule has 0 aromatic carbocycles. The van der Waals surface area contributed by atoms with E-state index in [2.05, 4.69) is 15.8 Å². The summed E-state index contributed by atoms with van der Waals surface area (Å²) in [6, 6.07) is 2.15. The predicted octanol–water partition coefficient (Wildman–Crippen LogP) is 1.49. The molecule has 0 amide bonds. The SMILES string of the molecule is CC(C)(CO)c1cc2n(n1)CCCC2. The Morgan fingerprint density at radius 2 is 2.29 bits per heavy atom. The molecule has 3 heteroatoms. The number of aromatic nitrogens is 2. The minimum atomic E-state index is -0.204. The Balaban J connectivity index is 2.32. The van der Waals surface area contributed by atoms with Crippen LogP contribution in [0.5, 0.6) is 0 Å². The van der Waals surface area contributed by atoms with E-state index in [0.29, 0.717) is 0 Å². The minimum absolute atomic E-state index is 0.156. The smallest absolute Gasteiger partial charge is 0.0706 e. The van der Waals surface area contributed by atoms with Gasteiger partial charge < -0.3 is 5.11 Å². The van der Waals surface area contributed by atoms with Gasteiger partial charge in [0.05, 0.1) is 12.3 Å². The Labute approximate surface area is 84.7 Å². The van der Waals surface area contributed by atoms with E-state index in [1.165, 1.54) is 18.5 Å². The van der Waals surface area contributed by atoms with E-state index < -0.39 is 0 Å². The first-order valence-corrected chi connectivity index (χ1v) is 5.31. The van der Waals surface area contributed by atoms with Crippen molar-refractivity contribution in [2.45, 2.75) is 45.1 Å². The van der Waals surface area contributed by atoms with Gasteiger partial charge in [-0.2, -0.15) is 5.10 Å². The molecular weight excluding hydrogens is 176 g/mol. The zero-order chi connectivity index (χ0) is 10.2. The van der Waals surface area contributed by atoms with Crippen molar-refractivity contribution in [3.8, 4) is 0 Å². The van der Waals surface area contributed by atoms with Crippen molar-refractivity contribution in [1.82, 2.24) is 9.78 Å². The second-order valence-electron chi connectivity index (χ2n) is 4.74. The standard InChI is InChI=1S/C11H18N2O/c1-11(2,8-14)10-7-9-5-3-4-6-13(9)12-10/h7,14H,3-6,8H2,1-2H3. The lowest BCUT2D eigenvalue weighted by Gasteiger charge is -2.18. The molecule has 0 aliphatic carbocycles. The number of hydrogen-bond donors (Lipinski definition) is 1. The minimum Gasteiger partial charge on any atom is -0.395 e. The van der Waals surface area contributed by atoms with Gasteiger partial charge in [0.25, 0.3) is 0 Å². The fourth-order valence-electron chi connectivity index (χ4n) is 1.83. The lowest BCUT2D eigenvalue weighted by atomic mass is 9.90. The maximum Gasteiger partial charge on any atom is 0.0706 e. The molecule has 1 N–H and O–H groups in total. The third kappa shape index (κ3) is 1.57. The van der Waals surface area contributed by atoms with Crippen molar-refractivity contribution in [3.05, 3.63) is 17.5 Å². The maximum absolute atomic E-state index is 9.26. The molecule has 2 heterocycles. The monoisotopic (exact) mass is 194 g/mol. The molecule has 0 saturated heterocycles. The van der Waals surface area contributed by atoms with Crippen LogP contribution in [0.2, 0.25) is 0 Å². The van der Waals surface area contributed by atoms with E-state index in [-0.39, 0.29) is 12.0 Å². The van der Waals surface area contributed by atoms with Crippen molar-refractivity contribution >= 4 is 0 Å². The van der Waals surface area contributed by atoms with Gasteiger partial charge in [-0.3, -0.25) is 4.68 Å². The molecule has 1 aliphatic rings. The lowest BCUT2D eigenvalue weighted by Crippen LogP contribution is -2.23. The Morgan fingerprint density at radius 3 is 2.93 bits per heavy atom. The van der Waals surface area contributed by atoms with Crippen LogP contribution in [0.3, 0.4) is 0 Å². The summed E-state index contributed by atoms with van der Waals surface area (Å²) in [5, 5.41) is 13.8. The summed E-state index contributed by atoms with van der Waals surface area (Å²) in [6.45, 7) is 5.25. The highest BCUT2D eigenvalue weighted by atomic mass is 16.3. The second-order valence-corrected chi connectivity index (χ2v) is 4.74. The van der Waals surface area contributed by atoms with Crippen LogP contribution in [0.25, 0.3) is 0 Å². The van der Waals surface area contributed by atoms with Gasteiger partial charge in [-0.1, -0.05) is 13.8 Å². The number of fused-ring (bicyclic) bond motifs is 1.